The molecule has 1 saturated carbocycles. The number of benzene rings is 2. The zero-order chi connectivity index (χ0) is 22.4. The number of nitrogens with zero attached hydrogens (tertiary/aromatic N) is 1. The molecular weight excluding hydrogens is 388 g/mol. The van der Waals surface area contributed by atoms with Crippen molar-refractivity contribution in [2.45, 2.75) is 72.0 Å². The van der Waals surface area contributed by atoms with Gasteiger partial charge in [-0.1, -0.05) is 43.2 Å². The summed E-state index contributed by atoms with van der Waals surface area (Å²) in [4.78, 5) is 27.8. The maximum atomic E-state index is 13.2. The Morgan fingerprint density at radius 2 is 1.74 bits per heavy atom. The Labute approximate surface area is 185 Å². The van der Waals surface area contributed by atoms with Gasteiger partial charge in [-0.05, 0) is 74.9 Å². The highest BCUT2D eigenvalue weighted by Gasteiger charge is 2.29. The lowest BCUT2D eigenvalue weighted by Crippen LogP contribution is -2.50. The third kappa shape index (κ3) is 6.09. The van der Waals surface area contributed by atoms with Gasteiger partial charge in [0.05, 0.1) is 0 Å². The van der Waals surface area contributed by atoms with Crippen molar-refractivity contribution in [3.05, 3.63) is 64.7 Å². The van der Waals surface area contributed by atoms with Crippen LogP contribution in [0, 0.1) is 20.8 Å². The number of carbonyl (C=O) groups excluding carboxylic acids is 2. The lowest BCUT2D eigenvalue weighted by molar-refractivity contribution is -0.142. The second kappa shape index (κ2) is 10.5. The number of hydrogen-bond acceptors (Lipinski definition) is 3. The van der Waals surface area contributed by atoms with Gasteiger partial charge >= 0.3 is 0 Å². The van der Waals surface area contributed by atoms with Crippen LogP contribution in [0.3, 0.4) is 0 Å². The molecule has 0 aromatic heterocycles. The highest BCUT2D eigenvalue weighted by molar-refractivity contribution is 5.88. The summed E-state index contributed by atoms with van der Waals surface area (Å²) in [5, 5.41) is 3.13. The summed E-state index contributed by atoms with van der Waals surface area (Å²) in [6.45, 7) is 8.16. The van der Waals surface area contributed by atoms with E-state index in [0.717, 1.165) is 42.4 Å². The maximum Gasteiger partial charge on any atom is 0.261 e. The molecule has 1 fully saturated rings. The van der Waals surface area contributed by atoms with Crippen LogP contribution < -0.4 is 10.1 Å². The van der Waals surface area contributed by atoms with Crippen molar-refractivity contribution in [2.24, 2.45) is 0 Å². The summed E-state index contributed by atoms with van der Waals surface area (Å²) in [6.07, 6.45) is 4.32. The molecule has 3 rings (SSSR count). The Morgan fingerprint density at radius 3 is 2.42 bits per heavy atom. The van der Waals surface area contributed by atoms with Crippen LogP contribution >= 0.6 is 0 Å². The van der Waals surface area contributed by atoms with Crippen LogP contribution in [0.1, 0.15) is 54.9 Å². The van der Waals surface area contributed by atoms with Crippen LogP contribution in [-0.4, -0.2) is 35.4 Å². The van der Waals surface area contributed by atoms with E-state index in [1.807, 2.05) is 63.2 Å². The monoisotopic (exact) mass is 422 g/mol. The van der Waals surface area contributed by atoms with Crippen LogP contribution in [-0.2, 0) is 16.1 Å². The number of amides is 2. The summed E-state index contributed by atoms with van der Waals surface area (Å²) in [6, 6.07) is 13.4. The Kier molecular flexibility index (Phi) is 7.72. The van der Waals surface area contributed by atoms with Gasteiger partial charge in [0.15, 0.2) is 6.61 Å². The van der Waals surface area contributed by atoms with Gasteiger partial charge in [0.2, 0.25) is 5.91 Å². The molecule has 1 aliphatic rings. The van der Waals surface area contributed by atoms with Gasteiger partial charge in [-0.2, -0.15) is 0 Å². The second-order valence-electron chi connectivity index (χ2n) is 8.65. The average Bonchev–Trinajstić information content (AvgIpc) is 3.26. The van der Waals surface area contributed by atoms with E-state index in [2.05, 4.69) is 5.32 Å². The molecule has 1 atom stereocenters. The minimum atomic E-state index is -0.573. The van der Waals surface area contributed by atoms with Gasteiger partial charge in [0.25, 0.3) is 5.91 Å². The van der Waals surface area contributed by atoms with Crippen LogP contribution in [0.4, 0.5) is 0 Å². The molecule has 0 saturated heterocycles. The standard InChI is InChI=1S/C26H34N2O3/c1-18-13-14-24(15-20(18)3)31-17-25(29)28(16-22-10-6-5-9-19(22)2)21(4)26(30)27-23-11-7-8-12-23/h5-6,9-10,13-15,21,23H,7-8,11-12,16-17H2,1-4H3,(H,27,30). The van der Waals surface area contributed by atoms with Crippen molar-refractivity contribution in [2.75, 3.05) is 6.61 Å². The molecule has 5 nitrogen and oxygen atoms in total. The first-order valence-corrected chi connectivity index (χ1v) is 11.2. The van der Waals surface area contributed by atoms with E-state index in [4.69, 9.17) is 4.74 Å². The molecule has 1 unspecified atom stereocenters. The fourth-order valence-corrected chi connectivity index (χ4v) is 3.98. The van der Waals surface area contributed by atoms with Crippen molar-refractivity contribution in [3.8, 4) is 5.75 Å². The minimum absolute atomic E-state index is 0.0972. The van der Waals surface area contributed by atoms with Gasteiger partial charge < -0.3 is 15.0 Å². The fourth-order valence-electron chi connectivity index (χ4n) is 3.98. The molecule has 166 valence electrons. The lowest BCUT2D eigenvalue weighted by atomic mass is 10.1. The highest BCUT2D eigenvalue weighted by atomic mass is 16.5. The molecule has 0 spiro atoms. The lowest BCUT2D eigenvalue weighted by Gasteiger charge is -2.30. The first kappa shape index (κ1) is 22.9. The van der Waals surface area contributed by atoms with E-state index in [0.29, 0.717) is 12.3 Å². The predicted octanol–water partition coefficient (Wildman–Crippen LogP) is 4.47. The average molecular weight is 423 g/mol. The van der Waals surface area contributed by atoms with Crippen LogP contribution in [0.5, 0.6) is 5.75 Å². The topological polar surface area (TPSA) is 58.6 Å². The second-order valence-corrected chi connectivity index (χ2v) is 8.65. The van der Waals surface area contributed by atoms with Crippen molar-refractivity contribution in [3.63, 3.8) is 0 Å². The Hall–Kier alpha value is -2.82. The molecule has 2 aromatic rings. The first-order chi connectivity index (χ1) is 14.8. The third-order valence-electron chi connectivity index (χ3n) is 6.31. The Bertz CT molecular complexity index is 919. The molecule has 2 amide bonds. The number of rotatable bonds is 8. The molecule has 0 radical (unpaired) electrons. The summed E-state index contributed by atoms with van der Waals surface area (Å²) in [7, 11) is 0. The molecule has 31 heavy (non-hydrogen) atoms. The van der Waals surface area contributed by atoms with Crippen molar-refractivity contribution < 1.29 is 14.3 Å². The predicted molar refractivity (Wildman–Crippen MR) is 123 cm³/mol. The number of hydrogen-bond donors (Lipinski definition) is 1. The molecule has 0 heterocycles. The largest absolute Gasteiger partial charge is 0.484 e. The zero-order valence-corrected chi connectivity index (χ0v) is 19.1. The van der Waals surface area contributed by atoms with E-state index in [1.54, 1.807) is 11.8 Å². The van der Waals surface area contributed by atoms with E-state index in [-0.39, 0.29) is 24.5 Å². The number of carbonyl (C=O) groups is 2. The minimum Gasteiger partial charge on any atom is -0.484 e. The van der Waals surface area contributed by atoms with Crippen LogP contribution in [0.15, 0.2) is 42.5 Å². The molecule has 5 heteroatoms. The molecular formula is C26H34N2O3. The maximum absolute atomic E-state index is 13.2. The van der Waals surface area contributed by atoms with Crippen molar-refractivity contribution >= 4 is 11.8 Å². The Balaban J connectivity index is 1.73. The zero-order valence-electron chi connectivity index (χ0n) is 19.1. The van der Waals surface area contributed by atoms with Gasteiger partial charge in [-0.3, -0.25) is 9.59 Å². The van der Waals surface area contributed by atoms with Gasteiger partial charge in [-0.25, -0.2) is 0 Å². The van der Waals surface area contributed by atoms with E-state index >= 15 is 0 Å². The normalized spacial score (nSPS) is 14.8. The molecule has 2 aromatic carbocycles. The molecule has 0 bridgehead atoms. The van der Waals surface area contributed by atoms with Gasteiger partial charge in [-0.15, -0.1) is 0 Å². The number of ether oxygens (including phenoxy) is 1. The van der Waals surface area contributed by atoms with Gasteiger partial charge in [0, 0.05) is 12.6 Å². The van der Waals surface area contributed by atoms with Crippen LogP contribution in [0.2, 0.25) is 0 Å². The summed E-state index contributed by atoms with van der Waals surface area (Å²) in [5.74, 6) is 0.367. The van der Waals surface area contributed by atoms with Crippen molar-refractivity contribution in [1.82, 2.24) is 10.2 Å². The van der Waals surface area contributed by atoms with E-state index < -0.39 is 6.04 Å². The Morgan fingerprint density at radius 1 is 1.03 bits per heavy atom. The molecule has 0 aliphatic heterocycles. The highest BCUT2D eigenvalue weighted by Crippen LogP contribution is 2.20. The summed E-state index contributed by atoms with van der Waals surface area (Å²) >= 11 is 0. The fraction of sp³-hybridized carbons (Fsp3) is 0.462. The molecule has 1 N–H and O–H groups in total. The van der Waals surface area contributed by atoms with Crippen molar-refractivity contribution in [1.29, 1.82) is 0 Å². The van der Waals surface area contributed by atoms with Crippen LogP contribution in [0.25, 0.3) is 0 Å². The molecule has 1 aliphatic carbocycles. The van der Waals surface area contributed by atoms with Gasteiger partial charge in [0.1, 0.15) is 11.8 Å². The number of aryl methyl sites for hydroxylation is 3. The number of nitrogens with one attached hydrogen (secondary N) is 1. The third-order valence-corrected chi connectivity index (χ3v) is 6.31. The summed E-state index contributed by atoms with van der Waals surface area (Å²) in [5.41, 5.74) is 4.42. The smallest absolute Gasteiger partial charge is 0.261 e. The first-order valence-electron chi connectivity index (χ1n) is 11.2. The quantitative estimate of drug-likeness (QED) is 0.683. The van der Waals surface area contributed by atoms with E-state index in [9.17, 15) is 9.59 Å². The summed E-state index contributed by atoms with van der Waals surface area (Å²) < 4.78 is 5.79. The SMILES string of the molecule is Cc1ccc(OCC(=O)N(Cc2ccccc2C)C(C)C(=O)NC2CCCC2)cc1C. The van der Waals surface area contributed by atoms with E-state index in [1.165, 1.54) is 5.56 Å².